The third-order valence-corrected chi connectivity index (χ3v) is 8.82. The maximum absolute atomic E-state index is 12.6. The predicted octanol–water partition coefficient (Wildman–Crippen LogP) is 2.40. The first kappa shape index (κ1) is 20.1. The molecule has 1 aliphatic carbocycles. The lowest BCUT2D eigenvalue weighted by molar-refractivity contribution is -0.123. The number of carbonyl (C=O) groups is 1. The summed E-state index contributed by atoms with van der Waals surface area (Å²) < 4.78 is 27.4. The molecular weight excluding hydrogens is 394 g/mol. The summed E-state index contributed by atoms with van der Waals surface area (Å²) in [6, 6.07) is 3.45. The quantitative estimate of drug-likeness (QED) is 0.795. The highest BCUT2D eigenvalue weighted by Crippen LogP contribution is 2.28. The Kier molecular flexibility index (Phi) is 6.61. The molecule has 0 aromatic carbocycles. The van der Waals surface area contributed by atoms with E-state index in [2.05, 4.69) is 12.2 Å². The summed E-state index contributed by atoms with van der Waals surface area (Å²) in [6.45, 7) is 4.51. The summed E-state index contributed by atoms with van der Waals surface area (Å²) in [5.41, 5.74) is 0. The molecule has 0 radical (unpaired) electrons. The van der Waals surface area contributed by atoms with Crippen LogP contribution < -0.4 is 5.32 Å². The van der Waals surface area contributed by atoms with Crippen LogP contribution in [0, 0.1) is 5.92 Å². The Balaban J connectivity index is 1.45. The number of halogens is 1. The van der Waals surface area contributed by atoms with Crippen molar-refractivity contribution in [2.75, 3.05) is 32.7 Å². The topological polar surface area (TPSA) is 69.7 Å². The highest BCUT2D eigenvalue weighted by molar-refractivity contribution is 7.91. The van der Waals surface area contributed by atoms with Crippen LogP contribution in [0.2, 0.25) is 4.34 Å². The number of thiophene rings is 1. The fraction of sp³-hybridized carbons (Fsp3) is 0.706. The average molecular weight is 420 g/mol. The monoisotopic (exact) mass is 419 g/mol. The van der Waals surface area contributed by atoms with Gasteiger partial charge < -0.3 is 5.32 Å². The van der Waals surface area contributed by atoms with Gasteiger partial charge in [0.15, 0.2) is 0 Å². The van der Waals surface area contributed by atoms with Crippen LogP contribution >= 0.6 is 22.9 Å². The molecule has 26 heavy (non-hydrogen) atoms. The lowest BCUT2D eigenvalue weighted by Crippen LogP contribution is -2.51. The number of rotatable bonds is 5. The van der Waals surface area contributed by atoms with Gasteiger partial charge in [0.25, 0.3) is 10.0 Å². The lowest BCUT2D eigenvalue weighted by Gasteiger charge is -2.34. The van der Waals surface area contributed by atoms with Crippen LogP contribution in [-0.4, -0.2) is 62.3 Å². The zero-order valence-corrected chi connectivity index (χ0v) is 17.4. The highest BCUT2D eigenvalue weighted by atomic mass is 35.5. The van der Waals surface area contributed by atoms with Crippen LogP contribution in [0.15, 0.2) is 16.3 Å². The summed E-state index contributed by atoms with van der Waals surface area (Å²) in [6.07, 6.45) is 4.47. The number of hydrogen-bond acceptors (Lipinski definition) is 5. The second kappa shape index (κ2) is 8.56. The van der Waals surface area contributed by atoms with E-state index in [4.69, 9.17) is 11.6 Å². The van der Waals surface area contributed by atoms with Gasteiger partial charge in [-0.3, -0.25) is 9.69 Å². The fourth-order valence-corrected chi connectivity index (χ4v) is 6.63. The number of amides is 1. The van der Waals surface area contributed by atoms with Gasteiger partial charge in [0.1, 0.15) is 4.21 Å². The molecule has 2 aliphatic rings. The Labute approximate surface area is 164 Å². The van der Waals surface area contributed by atoms with E-state index in [-0.39, 0.29) is 10.1 Å². The maximum atomic E-state index is 12.6. The molecule has 0 atom stereocenters. The molecule has 1 aromatic rings. The van der Waals surface area contributed by atoms with Crippen molar-refractivity contribution in [1.82, 2.24) is 14.5 Å². The molecule has 1 saturated heterocycles. The first-order valence-corrected chi connectivity index (χ1v) is 11.8. The van der Waals surface area contributed by atoms with Gasteiger partial charge in [-0.25, -0.2) is 8.42 Å². The molecule has 3 rings (SSSR count). The van der Waals surface area contributed by atoms with Crippen LogP contribution in [0.4, 0.5) is 0 Å². The molecule has 1 amide bonds. The van der Waals surface area contributed by atoms with E-state index >= 15 is 0 Å². The van der Waals surface area contributed by atoms with Gasteiger partial charge in [0.2, 0.25) is 5.91 Å². The zero-order valence-electron chi connectivity index (χ0n) is 15.0. The smallest absolute Gasteiger partial charge is 0.252 e. The van der Waals surface area contributed by atoms with Gasteiger partial charge in [-0.2, -0.15) is 4.31 Å². The second-order valence-electron chi connectivity index (χ2n) is 7.26. The third kappa shape index (κ3) is 4.98. The van der Waals surface area contributed by atoms with Gasteiger partial charge in [0.05, 0.1) is 10.9 Å². The van der Waals surface area contributed by atoms with Crippen LogP contribution in [0.1, 0.15) is 32.6 Å². The van der Waals surface area contributed by atoms with Crippen molar-refractivity contribution in [2.24, 2.45) is 5.92 Å². The van der Waals surface area contributed by atoms with Gasteiger partial charge >= 0.3 is 0 Å². The Bertz CT molecular complexity index is 721. The van der Waals surface area contributed by atoms with E-state index < -0.39 is 10.0 Å². The Hall–Kier alpha value is -0.670. The van der Waals surface area contributed by atoms with E-state index in [0.717, 1.165) is 30.1 Å². The Morgan fingerprint density at radius 2 is 1.85 bits per heavy atom. The summed E-state index contributed by atoms with van der Waals surface area (Å²) in [5.74, 6) is 0.808. The number of sulfonamides is 1. The molecule has 9 heteroatoms. The predicted molar refractivity (Wildman–Crippen MR) is 104 cm³/mol. The molecule has 0 unspecified atom stereocenters. The minimum Gasteiger partial charge on any atom is -0.352 e. The molecule has 1 aromatic heterocycles. The molecule has 1 saturated carbocycles. The average Bonchev–Trinajstić information content (AvgIpc) is 3.05. The van der Waals surface area contributed by atoms with Gasteiger partial charge in [0, 0.05) is 32.2 Å². The van der Waals surface area contributed by atoms with Crippen molar-refractivity contribution in [2.45, 2.75) is 42.9 Å². The van der Waals surface area contributed by atoms with Gasteiger partial charge in [-0.15, -0.1) is 11.3 Å². The number of piperazine rings is 1. The molecule has 1 aliphatic heterocycles. The largest absolute Gasteiger partial charge is 0.352 e. The number of carbonyl (C=O) groups excluding carboxylic acids is 1. The molecule has 6 nitrogen and oxygen atoms in total. The summed E-state index contributed by atoms with van der Waals surface area (Å²) in [4.78, 5) is 14.3. The molecule has 0 bridgehead atoms. The van der Waals surface area contributed by atoms with E-state index in [1.54, 1.807) is 12.1 Å². The Morgan fingerprint density at radius 3 is 2.42 bits per heavy atom. The summed E-state index contributed by atoms with van der Waals surface area (Å²) in [7, 11) is -3.48. The van der Waals surface area contributed by atoms with Gasteiger partial charge in [-0.1, -0.05) is 18.5 Å². The first-order valence-electron chi connectivity index (χ1n) is 9.12. The van der Waals surface area contributed by atoms with Crippen molar-refractivity contribution in [1.29, 1.82) is 0 Å². The minimum atomic E-state index is -3.48. The molecular formula is C17H26ClN3O3S2. The lowest BCUT2D eigenvalue weighted by atomic mass is 9.87. The summed E-state index contributed by atoms with van der Waals surface area (Å²) in [5, 5.41) is 3.13. The first-order chi connectivity index (χ1) is 12.3. The SMILES string of the molecule is CC1CCC(NC(=O)CN2CCN(S(=O)(=O)c3ccc(Cl)s3)CC2)CC1. The molecule has 2 fully saturated rings. The van der Waals surface area contributed by atoms with Crippen molar-refractivity contribution < 1.29 is 13.2 Å². The van der Waals surface area contributed by atoms with E-state index in [1.165, 1.54) is 17.1 Å². The Morgan fingerprint density at radius 1 is 1.19 bits per heavy atom. The highest BCUT2D eigenvalue weighted by Gasteiger charge is 2.30. The van der Waals surface area contributed by atoms with Crippen molar-refractivity contribution >= 4 is 38.9 Å². The van der Waals surface area contributed by atoms with Crippen molar-refractivity contribution in [3.05, 3.63) is 16.5 Å². The van der Waals surface area contributed by atoms with Crippen molar-refractivity contribution in [3.8, 4) is 0 Å². The zero-order chi connectivity index (χ0) is 18.7. The maximum Gasteiger partial charge on any atom is 0.252 e. The molecule has 1 N–H and O–H groups in total. The van der Waals surface area contributed by atoms with E-state index in [9.17, 15) is 13.2 Å². The molecule has 146 valence electrons. The molecule has 2 heterocycles. The third-order valence-electron chi connectivity index (χ3n) is 5.22. The second-order valence-corrected chi connectivity index (χ2v) is 11.1. The normalized spacial score (nSPS) is 25.9. The number of nitrogens with zero attached hydrogens (tertiary/aromatic N) is 2. The standard InChI is InChI=1S/C17H26ClN3O3S2/c1-13-2-4-14(5-3-13)19-16(22)12-20-8-10-21(11-9-20)26(23,24)17-7-6-15(18)25-17/h6-7,13-14H,2-5,8-12H2,1H3,(H,19,22). The number of hydrogen-bond donors (Lipinski definition) is 1. The van der Waals surface area contributed by atoms with Gasteiger partial charge in [-0.05, 0) is 43.7 Å². The fourth-order valence-electron chi connectivity index (χ4n) is 3.57. The van der Waals surface area contributed by atoms with Crippen LogP contribution in [-0.2, 0) is 14.8 Å². The van der Waals surface area contributed by atoms with Crippen LogP contribution in [0.5, 0.6) is 0 Å². The van der Waals surface area contributed by atoms with Crippen molar-refractivity contribution in [3.63, 3.8) is 0 Å². The molecule has 0 spiro atoms. The van der Waals surface area contributed by atoms with E-state index in [0.29, 0.717) is 43.1 Å². The minimum absolute atomic E-state index is 0.0471. The van der Waals surface area contributed by atoms with Crippen LogP contribution in [0.25, 0.3) is 0 Å². The summed E-state index contributed by atoms with van der Waals surface area (Å²) >= 11 is 6.93. The van der Waals surface area contributed by atoms with E-state index in [1.807, 2.05) is 4.90 Å². The van der Waals surface area contributed by atoms with Crippen LogP contribution in [0.3, 0.4) is 0 Å². The number of nitrogens with one attached hydrogen (secondary N) is 1.